The van der Waals surface area contributed by atoms with E-state index in [2.05, 4.69) is 79.9 Å². The topological polar surface area (TPSA) is 94.9 Å². The first-order valence-corrected chi connectivity index (χ1v) is 13.4. The van der Waals surface area contributed by atoms with Crippen LogP contribution in [-0.2, 0) is 6.54 Å². The molecule has 2 aromatic heterocycles. The first-order valence-electron chi connectivity index (χ1n) is 13.4. The minimum absolute atomic E-state index is 0.152. The number of aliphatic hydroxyl groups excluding tert-OH is 1. The fourth-order valence-electron chi connectivity index (χ4n) is 5.69. The van der Waals surface area contributed by atoms with Crippen molar-refractivity contribution in [3.8, 4) is 34.4 Å². The minimum Gasteiger partial charge on any atom is -0.395 e. The molecule has 38 heavy (non-hydrogen) atoms. The maximum Gasteiger partial charge on any atom is 0.185 e. The molecule has 2 aliphatic heterocycles. The van der Waals surface area contributed by atoms with Gasteiger partial charge in [0.05, 0.1) is 29.6 Å². The number of fused-ring (bicyclic) bond motifs is 5. The van der Waals surface area contributed by atoms with Gasteiger partial charge in [0.15, 0.2) is 5.82 Å². The molecule has 0 amide bonds. The Balaban J connectivity index is 1.26. The van der Waals surface area contributed by atoms with Gasteiger partial charge in [0.1, 0.15) is 6.33 Å². The molecule has 0 aliphatic carbocycles. The molecule has 0 radical (unpaired) electrons. The number of anilines is 1. The van der Waals surface area contributed by atoms with Gasteiger partial charge in [0.2, 0.25) is 0 Å². The molecule has 8 nitrogen and oxygen atoms in total. The lowest BCUT2D eigenvalue weighted by atomic mass is 10.0. The molecule has 6 rings (SSSR count). The van der Waals surface area contributed by atoms with E-state index >= 15 is 0 Å². The summed E-state index contributed by atoms with van der Waals surface area (Å²) in [6, 6.07) is 18.9. The summed E-state index contributed by atoms with van der Waals surface area (Å²) in [5, 5.41) is 31.1. The normalized spacial score (nSPS) is 17.0. The molecule has 1 saturated heterocycles. The van der Waals surface area contributed by atoms with E-state index in [1.165, 1.54) is 11.3 Å². The Kier molecular flexibility index (Phi) is 6.48. The van der Waals surface area contributed by atoms with Crippen LogP contribution in [-0.4, -0.2) is 56.7 Å². The lowest BCUT2D eigenvalue weighted by Gasteiger charge is -2.23. The summed E-state index contributed by atoms with van der Waals surface area (Å²) >= 11 is 0. The van der Waals surface area contributed by atoms with Crippen LogP contribution in [0.5, 0.6) is 0 Å². The number of nitrogens with zero attached hydrogens (tertiary/aromatic N) is 6. The van der Waals surface area contributed by atoms with Crippen molar-refractivity contribution in [1.82, 2.24) is 24.6 Å². The molecule has 2 aliphatic rings. The Morgan fingerprint density at radius 2 is 1.97 bits per heavy atom. The van der Waals surface area contributed by atoms with Gasteiger partial charge in [-0.2, -0.15) is 5.26 Å². The molecule has 0 spiro atoms. The molecule has 4 aromatic rings. The van der Waals surface area contributed by atoms with Gasteiger partial charge in [-0.1, -0.05) is 26.0 Å². The van der Waals surface area contributed by atoms with Crippen LogP contribution in [0.2, 0.25) is 0 Å². The molecule has 1 fully saturated rings. The Labute approximate surface area is 223 Å². The number of nitriles is 1. The Hall–Kier alpha value is -3.93. The number of aliphatic hydroxyl groups is 1. The molecule has 8 heteroatoms. The van der Waals surface area contributed by atoms with Crippen LogP contribution in [0.4, 0.5) is 5.69 Å². The third-order valence-corrected chi connectivity index (χ3v) is 8.01. The van der Waals surface area contributed by atoms with Crippen molar-refractivity contribution in [3.05, 3.63) is 72.2 Å². The van der Waals surface area contributed by atoms with E-state index < -0.39 is 0 Å². The first kappa shape index (κ1) is 24.4. The van der Waals surface area contributed by atoms with Crippen molar-refractivity contribution in [1.29, 1.82) is 5.26 Å². The molecule has 0 unspecified atom stereocenters. The summed E-state index contributed by atoms with van der Waals surface area (Å²) in [4.78, 5) is 2.48. The average Bonchev–Trinajstić information content (AvgIpc) is 3.68. The van der Waals surface area contributed by atoms with E-state index in [0.717, 1.165) is 60.9 Å². The van der Waals surface area contributed by atoms with Crippen molar-refractivity contribution in [2.75, 3.05) is 31.1 Å². The zero-order valence-electron chi connectivity index (χ0n) is 21.9. The van der Waals surface area contributed by atoms with E-state index in [0.29, 0.717) is 17.4 Å². The van der Waals surface area contributed by atoms with Gasteiger partial charge in [-0.3, -0.25) is 4.57 Å². The van der Waals surface area contributed by atoms with E-state index in [-0.39, 0.29) is 12.6 Å². The number of nitrogens with one attached hydrogen (secondary N) is 1. The molecular formula is C30H33N7O. The highest BCUT2D eigenvalue weighted by molar-refractivity contribution is 5.72. The van der Waals surface area contributed by atoms with Gasteiger partial charge < -0.3 is 19.9 Å². The third kappa shape index (κ3) is 4.49. The zero-order valence-corrected chi connectivity index (χ0v) is 21.9. The summed E-state index contributed by atoms with van der Waals surface area (Å²) in [6.45, 7) is 8.19. The molecule has 0 saturated carbocycles. The molecule has 4 heterocycles. The maximum absolute atomic E-state index is 9.65. The van der Waals surface area contributed by atoms with Crippen LogP contribution in [0.3, 0.4) is 0 Å². The van der Waals surface area contributed by atoms with Crippen molar-refractivity contribution < 1.29 is 5.11 Å². The number of hydrogen-bond acceptors (Lipinski definition) is 6. The SMILES string of the molecule is CC(C)[C@H](CO)NC[C@@H]1CCN(c2ccc3c(c2)Cn2cc(-c4ccc(C#N)cc4)cc2-c2nncn2-3)C1. The van der Waals surface area contributed by atoms with Crippen molar-refractivity contribution in [2.45, 2.75) is 32.9 Å². The van der Waals surface area contributed by atoms with Crippen molar-refractivity contribution in [2.24, 2.45) is 11.8 Å². The number of benzene rings is 2. The largest absolute Gasteiger partial charge is 0.395 e. The second kappa shape index (κ2) is 10.1. The smallest absolute Gasteiger partial charge is 0.185 e. The lowest BCUT2D eigenvalue weighted by Crippen LogP contribution is -2.40. The molecule has 2 atom stereocenters. The van der Waals surface area contributed by atoms with E-state index in [1.54, 1.807) is 6.33 Å². The van der Waals surface area contributed by atoms with Crippen LogP contribution in [0.15, 0.2) is 61.1 Å². The predicted octanol–water partition coefficient (Wildman–Crippen LogP) is 4.07. The molecule has 0 bridgehead atoms. The zero-order chi connectivity index (χ0) is 26.2. The van der Waals surface area contributed by atoms with Crippen LogP contribution in [0.1, 0.15) is 31.4 Å². The fourth-order valence-corrected chi connectivity index (χ4v) is 5.69. The maximum atomic E-state index is 9.65. The Bertz CT molecular complexity index is 1480. The number of hydrogen-bond donors (Lipinski definition) is 2. The van der Waals surface area contributed by atoms with E-state index in [1.807, 2.05) is 24.3 Å². The van der Waals surface area contributed by atoms with Gasteiger partial charge >= 0.3 is 0 Å². The standard InChI is InChI=1S/C30H33N7O/c1-20(2)27(18-38)32-14-22-9-10-35(15-22)26-7-8-28-25(11-26)17-36-16-24(23-5-3-21(13-31)4-6-23)12-29(36)30-34-33-19-37(28)30/h3-8,11-12,16,19-20,22,27,32,38H,9-10,14-15,17-18H2,1-2H3/t22-,27-/m0/s1. The summed E-state index contributed by atoms with van der Waals surface area (Å²) in [5.74, 6) is 1.81. The highest BCUT2D eigenvalue weighted by Crippen LogP contribution is 2.35. The van der Waals surface area contributed by atoms with Gasteiger partial charge in [0, 0.05) is 49.7 Å². The van der Waals surface area contributed by atoms with Gasteiger partial charge in [-0.25, -0.2) is 0 Å². The molecule has 2 aromatic carbocycles. The summed E-state index contributed by atoms with van der Waals surface area (Å²) in [6.07, 6.45) is 5.11. The second-order valence-electron chi connectivity index (χ2n) is 10.8. The molecular weight excluding hydrogens is 474 g/mol. The fraction of sp³-hybridized carbons (Fsp3) is 0.367. The average molecular weight is 508 g/mol. The second-order valence-corrected chi connectivity index (χ2v) is 10.8. The highest BCUT2D eigenvalue weighted by Gasteiger charge is 2.26. The molecule has 194 valence electrons. The van der Waals surface area contributed by atoms with Gasteiger partial charge in [-0.15, -0.1) is 10.2 Å². The van der Waals surface area contributed by atoms with Gasteiger partial charge in [0.25, 0.3) is 0 Å². The van der Waals surface area contributed by atoms with E-state index in [4.69, 9.17) is 5.26 Å². The van der Waals surface area contributed by atoms with Crippen LogP contribution >= 0.6 is 0 Å². The van der Waals surface area contributed by atoms with E-state index in [9.17, 15) is 5.11 Å². The monoisotopic (exact) mass is 507 g/mol. The van der Waals surface area contributed by atoms with Crippen molar-refractivity contribution in [3.63, 3.8) is 0 Å². The van der Waals surface area contributed by atoms with Crippen molar-refractivity contribution >= 4 is 5.69 Å². The van der Waals surface area contributed by atoms with Crippen LogP contribution in [0, 0.1) is 23.2 Å². The Morgan fingerprint density at radius 3 is 2.74 bits per heavy atom. The summed E-state index contributed by atoms with van der Waals surface area (Å²) in [7, 11) is 0. The van der Waals surface area contributed by atoms with Crippen LogP contribution < -0.4 is 10.2 Å². The number of rotatable bonds is 7. The summed E-state index contributed by atoms with van der Waals surface area (Å²) in [5.41, 5.74) is 7.42. The first-order chi connectivity index (χ1) is 18.5. The quantitative estimate of drug-likeness (QED) is 0.345. The van der Waals surface area contributed by atoms with Gasteiger partial charge in [-0.05, 0) is 65.8 Å². The Morgan fingerprint density at radius 1 is 1.13 bits per heavy atom. The predicted molar refractivity (Wildman–Crippen MR) is 148 cm³/mol. The van der Waals surface area contributed by atoms with Crippen LogP contribution in [0.25, 0.3) is 28.3 Å². The third-order valence-electron chi connectivity index (χ3n) is 8.01. The lowest BCUT2D eigenvalue weighted by molar-refractivity contribution is 0.206. The minimum atomic E-state index is 0.152. The number of aromatic nitrogens is 4. The highest BCUT2D eigenvalue weighted by atomic mass is 16.3. The molecule has 2 N–H and O–H groups in total. The summed E-state index contributed by atoms with van der Waals surface area (Å²) < 4.78 is 4.33.